The fraction of sp³-hybridized carbons (Fsp3) is 0.152. The molecule has 52 heavy (non-hydrogen) atoms. The number of alkyl halides is 3. The lowest BCUT2D eigenvalue weighted by molar-refractivity contribution is -0.137. The number of sulfonamides is 1. The maximum absolute atomic E-state index is 12.8. The number of thiophene rings is 2. The number of hydrogen-bond donors (Lipinski definition) is 2. The smallest absolute Gasteiger partial charge is 0.416 e. The largest absolute Gasteiger partial charge is 0.497 e. The molecule has 0 atom stereocenters. The molecule has 2 aromatic carbocycles. The van der Waals surface area contributed by atoms with E-state index in [2.05, 4.69) is 0 Å². The molecule has 6 rings (SSSR count). The predicted octanol–water partition coefficient (Wildman–Crippen LogP) is 6.59. The number of halogens is 3. The summed E-state index contributed by atoms with van der Waals surface area (Å²) in [6.07, 6.45) is -4.38. The van der Waals surface area contributed by atoms with Crippen LogP contribution in [-0.2, 0) is 22.7 Å². The average molecular weight is 779 g/mol. The predicted molar refractivity (Wildman–Crippen MR) is 187 cm³/mol. The Morgan fingerprint density at radius 3 is 1.83 bits per heavy atom. The Morgan fingerprint density at radius 2 is 1.33 bits per heavy atom. The molecule has 4 heterocycles. The zero-order valence-electron chi connectivity index (χ0n) is 27.0. The van der Waals surface area contributed by atoms with Crippen LogP contribution in [0.2, 0.25) is 0 Å². The number of fused-ring (bicyclic) bond motifs is 2. The third-order valence-corrected chi connectivity index (χ3v) is 11.6. The molecule has 0 fully saturated rings. The highest BCUT2D eigenvalue weighted by Gasteiger charge is 2.30. The summed E-state index contributed by atoms with van der Waals surface area (Å²) >= 11 is 2.22. The highest BCUT2D eigenvalue weighted by molar-refractivity contribution is 7.93. The Kier molecular flexibility index (Phi) is 10.5. The van der Waals surface area contributed by atoms with Crippen LogP contribution in [0.5, 0.6) is 5.75 Å². The Bertz CT molecular complexity index is 2540. The summed E-state index contributed by atoms with van der Waals surface area (Å²) in [5.74, 6) is -2.38. The number of methoxy groups -OCH3 is 1. The summed E-state index contributed by atoms with van der Waals surface area (Å²) in [5.41, 5.74) is -2.54. The van der Waals surface area contributed by atoms with Crippen molar-refractivity contribution in [3.63, 3.8) is 0 Å². The molecule has 0 aliphatic rings. The molecule has 0 bridgehead atoms. The Labute approximate surface area is 299 Å². The molecule has 272 valence electrons. The Hall–Kier alpha value is -5.66. The van der Waals surface area contributed by atoms with Crippen LogP contribution in [0.1, 0.15) is 31.8 Å². The van der Waals surface area contributed by atoms with E-state index >= 15 is 0 Å². The molecule has 0 spiro atoms. The van der Waals surface area contributed by atoms with Crippen molar-refractivity contribution in [2.45, 2.75) is 17.6 Å². The molecule has 0 aliphatic heterocycles. The molecule has 13 nitrogen and oxygen atoms in total. The quantitative estimate of drug-likeness (QED) is 0.161. The first-order valence-corrected chi connectivity index (χ1v) is 17.6. The highest BCUT2D eigenvalue weighted by Crippen LogP contribution is 2.36. The van der Waals surface area contributed by atoms with Gasteiger partial charge in [-0.1, -0.05) is 18.2 Å². The van der Waals surface area contributed by atoms with Gasteiger partial charge in [0.15, 0.2) is 11.2 Å². The van der Waals surface area contributed by atoms with Crippen LogP contribution in [0.3, 0.4) is 0 Å². The lowest BCUT2D eigenvalue weighted by Crippen LogP contribution is -2.25. The number of anilines is 2. The number of rotatable bonds is 9. The van der Waals surface area contributed by atoms with Crippen molar-refractivity contribution in [3.8, 4) is 5.75 Å². The van der Waals surface area contributed by atoms with Crippen LogP contribution in [-0.4, -0.2) is 51.8 Å². The van der Waals surface area contributed by atoms with Gasteiger partial charge in [0.1, 0.15) is 21.9 Å². The SMILES string of the molecule is CN(Cc1ccc(C(F)(F)F)cc1)c1cc2oc(=O)c(C(=O)O)cc2s1.COc1cccc(S(=O)(=O)N(C)c2cc3oc(=O)c(C(=O)O)cc3s2)c1. The molecular formula is C33H25F3N2O11S3. The monoisotopic (exact) mass is 778 g/mol. The van der Waals surface area contributed by atoms with Gasteiger partial charge in [-0.2, -0.15) is 13.2 Å². The van der Waals surface area contributed by atoms with E-state index in [4.69, 9.17) is 23.8 Å². The van der Waals surface area contributed by atoms with E-state index in [1.807, 2.05) is 0 Å². The molecule has 4 aromatic heterocycles. The second kappa shape index (κ2) is 14.5. The Morgan fingerprint density at radius 1 is 0.808 bits per heavy atom. The van der Waals surface area contributed by atoms with Crippen molar-refractivity contribution < 1.29 is 55.0 Å². The molecule has 0 unspecified atom stereocenters. The van der Waals surface area contributed by atoms with Gasteiger partial charge in [0.2, 0.25) is 0 Å². The van der Waals surface area contributed by atoms with E-state index in [1.54, 1.807) is 30.1 Å². The van der Waals surface area contributed by atoms with Gasteiger partial charge in [0.25, 0.3) is 10.0 Å². The molecule has 6 aromatic rings. The summed E-state index contributed by atoms with van der Waals surface area (Å²) in [6, 6.07) is 16.2. The minimum absolute atomic E-state index is 0.0319. The number of carbonyl (C=O) groups is 2. The van der Waals surface area contributed by atoms with Gasteiger partial charge in [0.05, 0.1) is 32.0 Å². The molecule has 0 saturated carbocycles. The van der Waals surface area contributed by atoms with Crippen molar-refractivity contribution in [2.24, 2.45) is 0 Å². The van der Waals surface area contributed by atoms with Gasteiger partial charge in [0, 0.05) is 38.8 Å². The van der Waals surface area contributed by atoms with Crippen molar-refractivity contribution in [3.05, 3.63) is 116 Å². The minimum Gasteiger partial charge on any atom is -0.497 e. The van der Waals surface area contributed by atoms with E-state index in [0.717, 1.165) is 27.8 Å². The van der Waals surface area contributed by atoms with Crippen LogP contribution in [0.25, 0.3) is 20.6 Å². The molecule has 0 amide bonds. The standard InChI is InChI=1S/C17H12F3NO4S.C16H13NO7S2/c1-21(8-9-2-4-10(5-3-9)17(18,19)20)14-7-12-13(26-14)6-11(15(22)23)16(24)25-12;1-17(26(21,22)10-5-3-4-9(6-10)23-2)14-8-12-13(25-14)7-11(15(18)19)16(20)24-12/h2-7H,8H2,1H3,(H,22,23);3-8H,1-2H3,(H,18,19). The lowest BCUT2D eigenvalue weighted by Gasteiger charge is -2.17. The number of benzene rings is 2. The van der Waals surface area contributed by atoms with E-state index in [0.29, 0.717) is 32.3 Å². The first-order valence-electron chi connectivity index (χ1n) is 14.5. The van der Waals surface area contributed by atoms with Crippen LogP contribution in [0, 0.1) is 0 Å². The van der Waals surface area contributed by atoms with Crippen molar-refractivity contribution in [2.75, 3.05) is 30.4 Å². The molecule has 0 aliphatic carbocycles. The maximum Gasteiger partial charge on any atom is 0.416 e. The Balaban J connectivity index is 0.000000201. The van der Waals surface area contributed by atoms with Crippen molar-refractivity contribution in [1.82, 2.24) is 0 Å². The molecule has 2 N–H and O–H groups in total. The molecule has 0 saturated heterocycles. The first kappa shape index (κ1) is 37.6. The summed E-state index contributed by atoms with van der Waals surface area (Å²) in [6.45, 7) is 0.334. The van der Waals surface area contributed by atoms with E-state index in [-0.39, 0.29) is 21.1 Å². The second-order valence-corrected chi connectivity index (χ2v) is 14.9. The van der Waals surface area contributed by atoms with Gasteiger partial charge in [-0.25, -0.2) is 27.6 Å². The number of aromatic carboxylic acids is 2. The van der Waals surface area contributed by atoms with Crippen molar-refractivity contribution >= 4 is 75.2 Å². The normalized spacial score (nSPS) is 11.6. The van der Waals surface area contributed by atoms with E-state index in [9.17, 15) is 40.8 Å². The molecular weight excluding hydrogens is 754 g/mol. The fourth-order valence-corrected chi connectivity index (χ4v) is 8.05. The number of nitrogens with zero attached hydrogens (tertiary/aromatic N) is 2. The molecule has 0 radical (unpaired) electrons. The maximum atomic E-state index is 12.8. The third-order valence-electron chi connectivity index (χ3n) is 7.37. The third kappa shape index (κ3) is 7.95. The number of carboxylic acids is 2. The number of ether oxygens (including phenoxy) is 1. The topological polar surface area (TPSA) is 185 Å². The first-order chi connectivity index (χ1) is 24.4. The number of carboxylic acid groups (broad SMARTS) is 2. The van der Waals surface area contributed by atoms with Gasteiger partial charge >= 0.3 is 29.4 Å². The fourth-order valence-electron chi connectivity index (χ4n) is 4.63. The summed E-state index contributed by atoms with van der Waals surface area (Å²) in [4.78, 5) is 47.1. The zero-order chi connectivity index (χ0) is 38.1. The summed E-state index contributed by atoms with van der Waals surface area (Å²) in [7, 11) is 0.644. The van der Waals surface area contributed by atoms with Crippen LogP contribution in [0.4, 0.5) is 23.2 Å². The molecule has 19 heteroatoms. The lowest BCUT2D eigenvalue weighted by atomic mass is 10.1. The number of hydrogen-bond acceptors (Lipinski definition) is 12. The van der Waals surface area contributed by atoms with Gasteiger partial charge < -0.3 is 28.7 Å². The summed E-state index contributed by atoms with van der Waals surface area (Å²) in [5, 5.41) is 18.9. The highest BCUT2D eigenvalue weighted by atomic mass is 32.2. The second-order valence-electron chi connectivity index (χ2n) is 10.8. The van der Waals surface area contributed by atoms with Crippen LogP contribution < -0.4 is 25.2 Å². The summed E-state index contributed by atoms with van der Waals surface area (Å²) < 4.78 is 80.3. The zero-order valence-corrected chi connectivity index (χ0v) is 29.4. The van der Waals surface area contributed by atoms with E-state index in [1.165, 1.54) is 68.0 Å². The minimum atomic E-state index is -4.38. The van der Waals surface area contributed by atoms with E-state index < -0.39 is 56.1 Å². The average Bonchev–Trinajstić information content (AvgIpc) is 3.70. The van der Waals surface area contributed by atoms with Gasteiger partial charge in [-0.3, -0.25) is 4.31 Å². The van der Waals surface area contributed by atoms with Crippen LogP contribution in [0.15, 0.2) is 96.1 Å². The van der Waals surface area contributed by atoms with Gasteiger partial charge in [-0.15, -0.1) is 22.7 Å². The van der Waals surface area contributed by atoms with Gasteiger partial charge in [-0.05, 0) is 42.0 Å². The van der Waals surface area contributed by atoms with Crippen molar-refractivity contribution in [1.29, 1.82) is 0 Å². The van der Waals surface area contributed by atoms with Crippen LogP contribution >= 0.6 is 22.7 Å².